The van der Waals surface area contributed by atoms with E-state index in [1.165, 1.54) is 10.9 Å². The summed E-state index contributed by atoms with van der Waals surface area (Å²) in [7, 11) is -5.88. The molecule has 3 heterocycles. The molecular weight excluding hydrogens is 497 g/mol. The first kappa shape index (κ1) is 27.7. The lowest BCUT2D eigenvalue weighted by atomic mass is 10.1. The summed E-state index contributed by atoms with van der Waals surface area (Å²) in [5, 5.41) is 12.3. The third kappa shape index (κ3) is 5.74. The third-order valence-corrected chi connectivity index (χ3v) is 11.4. The molecule has 1 aliphatic heterocycles. The summed E-state index contributed by atoms with van der Waals surface area (Å²) < 4.78 is 31.0. The summed E-state index contributed by atoms with van der Waals surface area (Å²) in [6.45, 7) is 13.0. The Hall–Kier alpha value is -1.93. The van der Waals surface area contributed by atoms with Crippen molar-refractivity contribution in [3.05, 3.63) is 16.7 Å². The topological polar surface area (TPSA) is 178 Å². The van der Waals surface area contributed by atoms with Crippen molar-refractivity contribution in [1.29, 1.82) is 0 Å². The van der Waals surface area contributed by atoms with Crippen LogP contribution in [0.2, 0.25) is 18.1 Å². The number of aromatic nitrogens is 4. The minimum absolute atomic E-state index is 0.00266. The zero-order valence-electron chi connectivity index (χ0n) is 20.9. The van der Waals surface area contributed by atoms with Crippen molar-refractivity contribution in [2.24, 2.45) is 5.92 Å². The maximum Gasteiger partial charge on any atom is 0.317 e. The predicted molar refractivity (Wildman–Crippen MR) is 131 cm³/mol. The fourth-order valence-electron chi connectivity index (χ4n) is 3.41. The number of anilines is 1. The van der Waals surface area contributed by atoms with Gasteiger partial charge in [-0.25, -0.2) is 4.98 Å². The number of amides is 1. The molecule has 196 valence electrons. The quantitative estimate of drug-likeness (QED) is 0.290. The first-order valence-corrected chi connectivity index (χ1v) is 15.4. The van der Waals surface area contributed by atoms with Crippen LogP contribution in [0.4, 0.5) is 5.95 Å². The van der Waals surface area contributed by atoms with Crippen molar-refractivity contribution in [2.45, 2.75) is 77.3 Å². The van der Waals surface area contributed by atoms with Crippen LogP contribution in [0.25, 0.3) is 11.2 Å². The minimum Gasteiger partial charge on any atom is -0.407 e. The van der Waals surface area contributed by atoms with Crippen molar-refractivity contribution in [2.75, 3.05) is 11.9 Å². The molecule has 0 saturated carbocycles. The van der Waals surface area contributed by atoms with Crippen molar-refractivity contribution in [3.63, 3.8) is 0 Å². The second kappa shape index (κ2) is 10.2. The van der Waals surface area contributed by atoms with E-state index in [4.69, 9.17) is 13.7 Å². The van der Waals surface area contributed by atoms with E-state index in [0.717, 1.165) is 0 Å². The number of ether oxygens (including phenoxy) is 1. The lowest BCUT2D eigenvalue weighted by molar-refractivity contribution is -0.118. The van der Waals surface area contributed by atoms with Gasteiger partial charge in [0.05, 0.1) is 12.9 Å². The van der Waals surface area contributed by atoms with Crippen molar-refractivity contribution >= 4 is 39.6 Å². The van der Waals surface area contributed by atoms with Crippen LogP contribution in [0.3, 0.4) is 0 Å². The van der Waals surface area contributed by atoms with Gasteiger partial charge in [-0.1, -0.05) is 34.6 Å². The number of carbonyl (C=O) groups excluding carboxylic acids is 1. The van der Waals surface area contributed by atoms with Crippen LogP contribution in [-0.2, 0) is 23.0 Å². The predicted octanol–water partition coefficient (Wildman–Crippen LogP) is 1.76. The minimum atomic E-state index is -3.40. The molecule has 0 aliphatic carbocycles. The molecule has 3 rings (SSSR count). The SMILES string of the molecule is CC(C)C(=O)Nc1nc2c(ncn2[C@@H]2O[C@H](CO)[C@@H](O[PH](=O)O)[C@H]2O[Si](C)(C)C(C)(C)C)c(=O)[nH]1. The Labute approximate surface area is 204 Å². The Morgan fingerprint density at radius 1 is 1.37 bits per heavy atom. The number of aliphatic hydroxyl groups excluding tert-OH is 1. The lowest BCUT2D eigenvalue weighted by Gasteiger charge is -2.40. The first-order chi connectivity index (χ1) is 16.2. The van der Waals surface area contributed by atoms with E-state index in [9.17, 15) is 24.2 Å². The van der Waals surface area contributed by atoms with Gasteiger partial charge in [0.1, 0.15) is 18.3 Å². The highest BCUT2D eigenvalue weighted by atomic mass is 31.1. The molecule has 2 aromatic rings. The van der Waals surface area contributed by atoms with E-state index < -0.39 is 53.3 Å². The highest BCUT2D eigenvalue weighted by Gasteiger charge is 2.52. The Morgan fingerprint density at radius 3 is 2.57 bits per heavy atom. The van der Waals surface area contributed by atoms with Gasteiger partial charge >= 0.3 is 8.25 Å². The maximum atomic E-state index is 12.6. The molecular formula is C20H34N5O8PSi. The molecule has 4 N–H and O–H groups in total. The van der Waals surface area contributed by atoms with Crippen LogP contribution in [-0.4, -0.2) is 68.7 Å². The lowest BCUT2D eigenvalue weighted by Crippen LogP contribution is -2.49. The van der Waals surface area contributed by atoms with E-state index in [-0.39, 0.29) is 34.0 Å². The van der Waals surface area contributed by atoms with Crippen molar-refractivity contribution in [3.8, 4) is 0 Å². The van der Waals surface area contributed by atoms with Crippen LogP contribution < -0.4 is 10.9 Å². The van der Waals surface area contributed by atoms with Gasteiger partial charge in [0.2, 0.25) is 11.9 Å². The number of aromatic amines is 1. The average molecular weight is 532 g/mol. The second-order valence-electron chi connectivity index (χ2n) is 10.3. The van der Waals surface area contributed by atoms with Gasteiger partial charge in [0, 0.05) is 5.92 Å². The van der Waals surface area contributed by atoms with Gasteiger partial charge in [-0.2, -0.15) is 4.98 Å². The highest BCUT2D eigenvalue weighted by molar-refractivity contribution is 7.32. The standard InChI is InChI=1S/C20H34N5O8PSi/c1-10(2)16(27)23-19-22-15-12(17(28)24-19)21-9-25(15)18-14(33-35(6,7)20(3,4)5)13(32-34(29)30)11(8-26)31-18/h9-11,13-14,18,26,34H,8H2,1-7H3,(H,29,30)(H2,22,23,24,27,28)/t11-,13-,14-,18-/m1/s1. The van der Waals surface area contributed by atoms with Crippen molar-refractivity contribution < 1.29 is 33.0 Å². The van der Waals surface area contributed by atoms with E-state index in [0.29, 0.717) is 0 Å². The number of nitrogens with one attached hydrogen (secondary N) is 2. The van der Waals surface area contributed by atoms with Gasteiger partial charge in [0.15, 0.2) is 25.7 Å². The van der Waals surface area contributed by atoms with Gasteiger partial charge in [-0.3, -0.25) is 29.0 Å². The van der Waals surface area contributed by atoms with Crippen molar-refractivity contribution in [1.82, 2.24) is 19.5 Å². The van der Waals surface area contributed by atoms with Crippen LogP contribution in [0.15, 0.2) is 11.1 Å². The monoisotopic (exact) mass is 531 g/mol. The Balaban J connectivity index is 2.11. The Kier molecular flexibility index (Phi) is 8.06. The molecule has 1 saturated heterocycles. The molecule has 1 unspecified atom stereocenters. The molecule has 0 radical (unpaired) electrons. The number of imidazole rings is 1. The van der Waals surface area contributed by atoms with E-state index in [1.54, 1.807) is 13.8 Å². The van der Waals surface area contributed by atoms with Crippen LogP contribution >= 0.6 is 8.25 Å². The molecule has 1 aliphatic rings. The summed E-state index contributed by atoms with van der Waals surface area (Å²) in [5.41, 5.74) is -0.460. The smallest absolute Gasteiger partial charge is 0.317 e. The number of hydrogen-bond acceptors (Lipinski definition) is 9. The first-order valence-electron chi connectivity index (χ1n) is 11.3. The molecule has 2 aromatic heterocycles. The highest BCUT2D eigenvalue weighted by Crippen LogP contribution is 2.44. The second-order valence-corrected chi connectivity index (χ2v) is 15.8. The summed E-state index contributed by atoms with van der Waals surface area (Å²) in [4.78, 5) is 45.3. The summed E-state index contributed by atoms with van der Waals surface area (Å²) in [6, 6.07) is 0. The number of carbonyl (C=O) groups is 1. The van der Waals surface area contributed by atoms with Crippen LogP contribution in [0.1, 0.15) is 40.8 Å². The average Bonchev–Trinajstić information content (AvgIpc) is 3.28. The third-order valence-electron chi connectivity index (χ3n) is 6.41. The van der Waals surface area contributed by atoms with Crippen LogP contribution in [0.5, 0.6) is 0 Å². The molecule has 1 amide bonds. The Morgan fingerprint density at radius 2 is 2.03 bits per heavy atom. The molecule has 5 atom stereocenters. The normalized spacial score (nSPS) is 24.3. The largest absolute Gasteiger partial charge is 0.407 e. The molecule has 0 aromatic carbocycles. The molecule has 15 heteroatoms. The molecule has 1 fully saturated rings. The number of nitrogens with zero attached hydrogens (tertiary/aromatic N) is 3. The molecule has 13 nitrogen and oxygen atoms in total. The zero-order valence-corrected chi connectivity index (χ0v) is 22.9. The zero-order chi connectivity index (χ0) is 26.3. The fourth-order valence-corrected chi connectivity index (χ4v) is 5.22. The van der Waals surface area contributed by atoms with Crippen LogP contribution in [0, 0.1) is 5.92 Å². The number of fused-ring (bicyclic) bond motifs is 1. The van der Waals surface area contributed by atoms with Gasteiger partial charge in [0.25, 0.3) is 5.56 Å². The number of H-pyrrole nitrogens is 1. The summed E-state index contributed by atoms with van der Waals surface area (Å²) >= 11 is 0. The molecule has 0 spiro atoms. The molecule has 0 bridgehead atoms. The number of aliphatic hydroxyl groups is 1. The summed E-state index contributed by atoms with van der Waals surface area (Å²) in [5.74, 6) is -0.738. The number of rotatable bonds is 8. The van der Waals surface area contributed by atoms with Gasteiger partial charge < -0.3 is 23.7 Å². The molecule has 35 heavy (non-hydrogen) atoms. The van der Waals surface area contributed by atoms with E-state index in [2.05, 4.69) is 20.3 Å². The Bertz CT molecular complexity index is 1160. The number of hydrogen-bond donors (Lipinski definition) is 4. The fraction of sp³-hybridized carbons (Fsp3) is 0.700. The van der Waals surface area contributed by atoms with E-state index >= 15 is 0 Å². The van der Waals surface area contributed by atoms with E-state index in [1.807, 2.05) is 33.9 Å². The summed E-state index contributed by atoms with van der Waals surface area (Å²) in [6.07, 6.45) is -2.60. The maximum absolute atomic E-state index is 12.6. The van der Waals surface area contributed by atoms with Gasteiger partial charge in [-0.15, -0.1) is 0 Å². The van der Waals surface area contributed by atoms with Gasteiger partial charge in [-0.05, 0) is 18.1 Å².